The zero-order valence-corrected chi connectivity index (χ0v) is 12.9. The quantitative estimate of drug-likeness (QED) is 0.675. The fourth-order valence-electron chi connectivity index (χ4n) is 1.94. The number of aromatic amines is 1. The van der Waals surface area contributed by atoms with Crippen LogP contribution in [-0.2, 0) is 20.7 Å². The molecule has 2 rings (SSSR count). The van der Waals surface area contributed by atoms with Gasteiger partial charge in [0.2, 0.25) is 0 Å². The van der Waals surface area contributed by atoms with Crippen LogP contribution < -0.4 is 5.56 Å². The van der Waals surface area contributed by atoms with Crippen molar-refractivity contribution >= 4 is 33.3 Å². The summed E-state index contributed by atoms with van der Waals surface area (Å²) in [4.78, 5) is 31.9. The van der Waals surface area contributed by atoms with E-state index in [2.05, 4.69) is 21.3 Å². The van der Waals surface area contributed by atoms with Crippen LogP contribution in [0, 0.1) is 6.92 Å². The van der Waals surface area contributed by atoms with E-state index >= 15 is 0 Å². The summed E-state index contributed by atoms with van der Waals surface area (Å²) >= 11 is 1.30. The van der Waals surface area contributed by atoms with Gasteiger partial charge in [-0.2, -0.15) is 0 Å². The van der Waals surface area contributed by atoms with E-state index in [1.807, 2.05) is 6.92 Å². The second kappa shape index (κ2) is 6.09. The monoisotopic (exact) mass is 308 g/mol. The minimum Gasteiger partial charge on any atom is -0.491 e. The Labute approximate surface area is 125 Å². The van der Waals surface area contributed by atoms with Gasteiger partial charge in [-0.15, -0.1) is 11.3 Å². The van der Waals surface area contributed by atoms with Crippen molar-refractivity contribution in [1.29, 1.82) is 0 Å². The maximum absolute atomic E-state index is 12.2. The summed E-state index contributed by atoms with van der Waals surface area (Å²) in [6.07, 6.45) is 0.130. The molecule has 2 heterocycles. The van der Waals surface area contributed by atoms with Crippen LogP contribution in [0.25, 0.3) is 16.0 Å². The number of ether oxygens (including phenoxy) is 2. The number of carbonyl (C=O) groups excluding carboxylic acids is 1. The van der Waals surface area contributed by atoms with Crippen molar-refractivity contribution in [2.24, 2.45) is 0 Å². The van der Waals surface area contributed by atoms with Gasteiger partial charge in [0.25, 0.3) is 5.56 Å². The van der Waals surface area contributed by atoms with E-state index in [1.54, 1.807) is 6.92 Å². The average Bonchev–Trinajstić information content (AvgIpc) is 2.75. The number of carbonyl (C=O) groups is 1. The number of thiophene rings is 1. The number of methoxy groups -OCH3 is 1. The predicted molar refractivity (Wildman–Crippen MR) is 81.4 cm³/mol. The third-order valence-corrected chi connectivity index (χ3v) is 4.20. The lowest BCUT2D eigenvalue weighted by Crippen LogP contribution is -2.12. The van der Waals surface area contributed by atoms with Gasteiger partial charge in [-0.3, -0.25) is 9.59 Å². The topological polar surface area (TPSA) is 81.3 Å². The SMILES string of the molecule is C=C(OCC)c1nc2sc(CC(=O)OC)c(C)c2c(=O)[nH]1. The van der Waals surface area contributed by atoms with Crippen molar-refractivity contribution in [3.05, 3.63) is 33.2 Å². The molecule has 0 aliphatic carbocycles. The molecular weight excluding hydrogens is 292 g/mol. The number of aromatic nitrogens is 2. The highest BCUT2D eigenvalue weighted by Crippen LogP contribution is 2.28. The fourth-order valence-corrected chi connectivity index (χ4v) is 3.10. The van der Waals surface area contributed by atoms with E-state index in [-0.39, 0.29) is 17.9 Å². The molecule has 0 radical (unpaired) electrons. The number of nitrogens with one attached hydrogen (secondary N) is 1. The van der Waals surface area contributed by atoms with E-state index in [1.165, 1.54) is 18.4 Å². The standard InChI is InChI=1S/C14H16N2O4S/c1-5-20-8(3)12-15-13(18)11-7(2)9(6-10(17)19-4)21-14(11)16-12/h3,5-6H2,1-2,4H3,(H,15,16,18). The molecule has 0 bridgehead atoms. The molecule has 2 aromatic heterocycles. The third-order valence-electron chi connectivity index (χ3n) is 3.01. The Morgan fingerprint density at radius 2 is 2.19 bits per heavy atom. The fraction of sp³-hybridized carbons (Fsp3) is 0.357. The minimum atomic E-state index is -0.347. The van der Waals surface area contributed by atoms with Crippen LogP contribution in [0.3, 0.4) is 0 Å². The first-order chi connectivity index (χ1) is 9.97. The number of hydrogen-bond donors (Lipinski definition) is 1. The van der Waals surface area contributed by atoms with Crippen molar-refractivity contribution in [2.45, 2.75) is 20.3 Å². The van der Waals surface area contributed by atoms with E-state index in [9.17, 15) is 9.59 Å². The summed E-state index contributed by atoms with van der Waals surface area (Å²) in [5.74, 6) is 0.275. The summed E-state index contributed by atoms with van der Waals surface area (Å²) < 4.78 is 9.91. The Bertz CT molecular complexity index is 760. The molecule has 0 spiro atoms. The molecule has 21 heavy (non-hydrogen) atoms. The van der Waals surface area contributed by atoms with Crippen molar-refractivity contribution in [3.8, 4) is 0 Å². The van der Waals surface area contributed by atoms with Gasteiger partial charge in [-0.1, -0.05) is 6.58 Å². The van der Waals surface area contributed by atoms with Crippen molar-refractivity contribution in [2.75, 3.05) is 13.7 Å². The number of nitrogens with zero attached hydrogens (tertiary/aromatic N) is 1. The Balaban J connectivity index is 2.52. The first-order valence-electron chi connectivity index (χ1n) is 6.39. The van der Waals surface area contributed by atoms with Crippen LogP contribution in [0.15, 0.2) is 11.4 Å². The van der Waals surface area contributed by atoms with Gasteiger partial charge >= 0.3 is 5.97 Å². The molecule has 0 saturated heterocycles. The molecule has 0 fully saturated rings. The zero-order chi connectivity index (χ0) is 15.6. The molecule has 0 atom stereocenters. The number of H-pyrrole nitrogens is 1. The lowest BCUT2D eigenvalue weighted by atomic mass is 10.2. The lowest BCUT2D eigenvalue weighted by molar-refractivity contribution is -0.139. The summed E-state index contributed by atoms with van der Waals surface area (Å²) in [6.45, 7) is 7.79. The first-order valence-corrected chi connectivity index (χ1v) is 7.20. The second-order valence-electron chi connectivity index (χ2n) is 4.35. The van der Waals surface area contributed by atoms with Gasteiger partial charge in [0.05, 0.1) is 25.5 Å². The highest BCUT2D eigenvalue weighted by molar-refractivity contribution is 7.18. The Hall–Kier alpha value is -2.15. The molecule has 0 aliphatic heterocycles. The smallest absolute Gasteiger partial charge is 0.310 e. The van der Waals surface area contributed by atoms with Crippen LogP contribution >= 0.6 is 11.3 Å². The van der Waals surface area contributed by atoms with E-state index in [0.717, 1.165) is 10.4 Å². The Morgan fingerprint density at radius 3 is 2.81 bits per heavy atom. The molecule has 7 heteroatoms. The second-order valence-corrected chi connectivity index (χ2v) is 5.44. The molecule has 0 saturated carbocycles. The summed E-state index contributed by atoms with van der Waals surface area (Å²) in [5, 5.41) is 0.493. The van der Waals surface area contributed by atoms with Crippen molar-refractivity contribution in [1.82, 2.24) is 9.97 Å². The van der Waals surface area contributed by atoms with E-state index in [4.69, 9.17) is 4.74 Å². The number of hydrogen-bond acceptors (Lipinski definition) is 6. The predicted octanol–water partition coefficient (Wildman–Crippen LogP) is 2.02. The highest BCUT2D eigenvalue weighted by atomic mass is 32.1. The van der Waals surface area contributed by atoms with Crippen LogP contribution in [0.1, 0.15) is 23.2 Å². The zero-order valence-electron chi connectivity index (χ0n) is 12.1. The van der Waals surface area contributed by atoms with Crippen molar-refractivity contribution < 1.29 is 14.3 Å². The summed E-state index contributed by atoms with van der Waals surface area (Å²) in [5.41, 5.74) is 0.489. The third kappa shape index (κ3) is 2.97. The first kappa shape index (κ1) is 15.2. The molecule has 0 unspecified atom stereocenters. The molecule has 2 aromatic rings. The molecule has 0 aromatic carbocycles. The van der Waals surface area contributed by atoms with Crippen LogP contribution in [0.5, 0.6) is 0 Å². The number of fused-ring (bicyclic) bond motifs is 1. The van der Waals surface area contributed by atoms with E-state index < -0.39 is 0 Å². The average molecular weight is 308 g/mol. The molecule has 112 valence electrons. The maximum atomic E-state index is 12.2. The largest absolute Gasteiger partial charge is 0.491 e. The van der Waals surface area contributed by atoms with Crippen LogP contribution in [0.4, 0.5) is 0 Å². The Kier molecular flexibility index (Phi) is 4.42. The summed E-state index contributed by atoms with van der Waals surface area (Å²) in [6, 6.07) is 0. The van der Waals surface area contributed by atoms with Gasteiger partial charge in [0.15, 0.2) is 11.6 Å². The van der Waals surface area contributed by atoms with Gasteiger partial charge in [-0.25, -0.2) is 4.98 Å². The van der Waals surface area contributed by atoms with Crippen molar-refractivity contribution in [3.63, 3.8) is 0 Å². The number of aryl methyl sites for hydroxylation is 1. The minimum absolute atomic E-state index is 0.130. The van der Waals surface area contributed by atoms with Gasteiger partial charge < -0.3 is 14.5 Å². The van der Waals surface area contributed by atoms with Gasteiger partial charge in [-0.05, 0) is 19.4 Å². The van der Waals surface area contributed by atoms with E-state index in [0.29, 0.717) is 28.4 Å². The molecule has 1 N–H and O–H groups in total. The summed E-state index contributed by atoms with van der Waals surface area (Å²) in [7, 11) is 1.33. The van der Waals surface area contributed by atoms with Crippen LogP contribution in [0.2, 0.25) is 0 Å². The van der Waals surface area contributed by atoms with Gasteiger partial charge in [0, 0.05) is 4.88 Å². The molecule has 0 amide bonds. The number of esters is 1. The maximum Gasteiger partial charge on any atom is 0.310 e. The normalized spacial score (nSPS) is 10.6. The Morgan fingerprint density at radius 1 is 1.48 bits per heavy atom. The molecule has 6 nitrogen and oxygen atoms in total. The highest BCUT2D eigenvalue weighted by Gasteiger charge is 2.17. The lowest BCUT2D eigenvalue weighted by Gasteiger charge is -2.05. The number of rotatable bonds is 5. The van der Waals surface area contributed by atoms with Gasteiger partial charge in [0.1, 0.15) is 4.83 Å². The molecular formula is C14H16N2O4S. The molecule has 0 aliphatic rings. The van der Waals surface area contributed by atoms with Crippen LogP contribution in [-0.4, -0.2) is 29.7 Å².